The van der Waals surface area contributed by atoms with Gasteiger partial charge in [-0.1, -0.05) is 89.1 Å². The van der Waals surface area contributed by atoms with Crippen molar-refractivity contribution in [2.24, 2.45) is 0 Å². The molecule has 0 aliphatic heterocycles. The van der Waals surface area contributed by atoms with Crippen molar-refractivity contribution in [1.29, 1.82) is 0 Å². The Bertz CT molecular complexity index is 1680. The molecule has 2 nitrogen and oxygen atoms in total. The van der Waals surface area contributed by atoms with E-state index in [-0.39, 0.29) is 61.5 Å². The van der Waals surface area contributed by atoms with Gasteiger partial charge in [-0.15, -0.1) is 93.9 Å². The minimum absolute atomic E-state index is 0. The summed E-state index contributed by atoms with van der Waals surface area (Å²) < 4.78 is 10.5. The number of rotatable bonds is 4. The van der Waals surface area contributed by atoms with Crippen molar-refractivity contribution in [2.45, 2.75) is 58.8 Å². The van der Waals surface area contributed by atoms with E-state index in [9.17, 15) is 0 Å². The van der Waals surface area contributed by atoms with Crippen LogP contribution in [0.3, 0.4) is 0 Å². The Balaban J connectivity index is 0.000000420. The molecular weight excluding hydrogens is 798 g/mol. The first kappa shape index (κ1) is 43.2. The Kier molecular flexibility index (Phi) is 16.9. The number of fused-ring (bicyclic) bond motifs is 2. The molecule has 6 aromatic rings. The summed E-state index contributed by atoms with van der Waals surface area (Å²) in [4.78, 5) is 0. The molecule has 0 atom stereocenters. The molecule has 5 heteroatoms. The van der Waals surface area contributed by atoms with Crippen LogP contribution in [0, 0.1) is 13.8 Å². The zero-order chi connectivity index (χ0) is 32.8. The van der Waals surface area contributed by atoms with E-state index in [1.54, 1.807) is 14.2 Å². The second-order valence-electron chi connectivity index (χ2n) is 13.4. The van der Waals surface area contributed by atoms with Crippen LogP contribution in [0.25, 0.3) is 43.8 Å². The van der Waals surface area contributed by atoms with Crippen LogP contribution >= 0.6 is 24.8 Å². The van der Waals surface area contributed by atoms with Gasteiger partial charge < -0.3 is 29.7 Å². The van der Waals surface area contributed by atoms with Gasteiger partial charge in [0.05, 0.1) is 14.2 Å². The normalized spacial score (nSPS) is 10.7. The molecule has 252 valence electrons. The Morgan fingerprint density at radius 2 is 0.854 bits per heavy atom. The number of hydrogen-bond donors (Lipinski definition) is 0. The Labute approximate surface area is 320 Å². The van der Waals surface area contributed by atoms with Crippen molar-refractivity contribution < 1.29 is 35.3 Å². The molecule has 0 heterocycles. The van der Waals surface area contributed by atoms with Crippen molar-refractivity contribution in [2.75, 3.05) is 14.2 Å². The van der Waals surface area contributed by atoms with Gasteiger partial charge in [-0.2, -0.15) is 12.1 Å². The zero-order valence-corrected chi connectivity index (χ0v) is 34.9. The molecule has 0 bridgehead atoms. The standard InChI is InChI=1S/2C20H21O.C3H6.2ClH.Hf/c2*1-20(2,3)16-12-15-6-5-7-18(19(15)13-16)14-8-10-17(21-4)11-9-14;1-3-2;;;/h2*5-13H,1-4H3;1-3H2;2*1H;/q2*-1;-2;;;+4. The van der Waals surface area contributed by atoms with Crippen LogP contribution in [-0.4, -0.2) is 14.2 Å². The second kappa shape index (κ2) is 18.8. The SMILES string of the molecule is COc1ccc(-c2cccc3[cH-]c(C(C)(C)C)cc23)cc1.COc1ccc(-c2cccc3[cH-]c(C(C)(C)C)cc23)cc1.Cl.Cl.[CH2-]C[CH2-].[Hf+4]. The number of benzene rings is 4. The summed E-state index contributed by atoms with van der Waals surface area (Å²) in [6.45, 7) is 20.3. The van der Waals surface area contributed by atoms with Crippen molar-refractivity contribution in [3.8, 4) is 33.8 Å². The molecule has 0 spiro atoms. The first-order valence-electron chi connectivity index (χ1n) is 15.7. The van der Waals surface area contributed by atoms with Crippen LogP contribution in [0.2, 0.25) is 0 Å². The number of methoxy groups -OCH3 is 2. The quantitative estimate of drug-likeness (QED) is 0.130. The molecule has 6 rings (SSSR count). The van der Waals surface area contributed by atoms with Crippen LogP contribution in [-0.2, 0) is 36.7 Å². The molecule has 0 saturated heterocycles. The summed E-state index contributed by atoms with van der Waals surface area (Å²) in [5.41, 5.74) is 8.15. The van der Waals surface area contributed by atoms with E-state index in [1.807, 2.05) is 24.3 Å². The number of hydrogen-bond acceptors (Lipinski definition) is 2. The molecule has 0 fully saturated rings. The van der Waals surface area contributed by atoms with Gasteiger partial charge in [0.25, 0.3) is 0 Å². The van der Waals surface area contributed by atoms with E-state index in [1.165, 1.54) is 54.9 Å². The maximum atomic E-state index is 5.24. The zero-order valence-electron chi connectivity index (χ0n) is 29.6. The van der Waals surface area contributed by atoms with E-state index in [2.05, 4.69) is 140 Å². The summed E-state index contributed by atoms with van der Waals surface area (Å²) in [5, 5.41) is 5.28. The van der Waals surface area contributed by atoms with Crippen LogP contribution in [0.1, 0.15) is 59.1 Å². The van der Waals surface area contributed by atoms with Crippen LogP contribution < -0.4 is 9.47 Å². The van der Waals surface area contributed by atoms with Gasteiger partial charge in [-0.25, -0.2) is 0 Å². The molecule has 0 aliphatic rings. The summed E-state index contributed by atoms with van der Waals surface area (Å²) >= 11 is 0. The molecule has 0 aromatic heterocycles. The van der Waals surface area contributed by atoms with Gasteiger partial charge in [0.2, 0.25) is 0 Å². The number of ether oxygens (including phenoxy) is 2. The Morgan fingerprint density at radius 1 is 0.542 bits per heavy atom. The minimum Gasteiger partial charge on any atom is -0.497 e. The fourth-order valence-corrected chi connectivity index (χ4v) is 5.38. The van der Waals surface area contributed by atoms with Gasteiger partial charge in [-0.3, -0.25) is 0 Å². The molecule has 0 amide bonds. The molecule has 0 saturated carbocycles. The predicted molar refractivity (Wildman–Crippen MR) is 210 cm³/mol. The molecular formula is C43H50Cl2HfO2. The van der Waals surface area contributed by atoms with E-state index in [0.29, 0.717) is 0 Å². The van der Waals surface area contributed by atoms with E-state index >= 15 is 0 Å². The maximum absolute atomic E-state index is 5.24. The third-order valence-electron chi connectivity index (χ3n) is 8.04. The molecule has 0 N–H and O–H groups in total. The van der Waals surface area contributed by atoms with Gasteiger partial charge in [0.15, 0.2) is 0 Å². The summed E-state index contributed by atoms with van der Waals surface area (Å²) in [5.74, 6) is 1.78. The van der Waals surface area contributed by atoms with Crippen LogP contribution in [0.15, 0.2) is 109 Å². The fourth-order valence-electron chi connectivity index (χ4n) is 5.38. The average Bonchev–Trinajstić information content (AvgIpc) is 3.67. The fraction of sp³-hybridized carbons (Fsp3) is 0.256. The van der Waals surface area contributed by atoms with Crippen molar-refractivity contribution in [3.05, 3.63) is 134 Å². The summed E-state index contributed by atoms with van der Waals surface area (Å²) in [7, 11) is 3.39. The molecule has 6 aromatic carbocycles. The second-order valence-corrected chi connectivity index (χ2v) is 13.4. The van der Waals surface area contributed by atoms with Crippen molar-refractivity contribution in [1.82, 2.24) is 0 Å². The van der Waals surface area contributed by atoms with E-state index in [0.717, 1.165) is 17.9 Å². The van der Waals surface area contributed by atoms with E-state index < -0.39 is 0 Å². The third-order valence-corrected chi connectivity index (χ3v) is 8.04. The van der Waals surface area contributed by atoms with Crippen molar-refractivity contribution >= 4 is 46.4 Å². The molecule has 0 unspecified atom stereocenters. The predicted octanol–water partition coefficient (Wildman–Crippen LogP) is 12.9. The Morgan fingerprint density at radius 3 is 1.12 bits per heavy atom. The van der Waals surface area contributed by atoms with Crippen LogP contribution in [0.4, 0.5) is 0 Å². The molecule has 0 radical (unpaired) electrons. The van der Waals surface area contributed by atoms with E-state index in [4.69, 9.17) is 9.47 Å². The van der Waals surface area contributed by atoms with Gasteiger partial charge in [-0.05, 0) is 46.2 Å². The number of halogens is 2. The van der Waals surface area contributed by atoms with Gasteiger partial charge in [0, 0.05) is 0 Å². The topological polar surface area (TPSA) is 18.5 Å². The first-order chi connectivity index (χ1) is 21.4. The van der Waals surface area contributed by atoms with Gasteiger partial charge in [0.1, 0.15) is 11.5 Å². The first-order valence-corrected chi connectivity index (χ1v) is 15.7. The van der Waals surface area contributed by atoms with Gasteiger partial charge >= 0.3 is 25.8 Å². The summed E-state index contributed by atoms with van der Waals surface area (Å²) in [6, 6.07) is 38.9. The van der Waals surface area contributed by atoms with Crippen molar-refractivity contribution in [3.63, 3.8) is 0 Å². The minimum atomic E-state index is 0. The summed E-state index contributed by atoms with van der Waals surface area (Å²) in [6.07, 6.45) is 0.750. The largest absolute Gasteiger partial charge is 4.00 e. The maximum Gasteiger partial charge on any atom is 4.00 e. The monoisotopic (exact) mass is 848 g/mol. The van der Waals surface area contributed by atoms with Crippen LogP contribution in [0.5, 0.6) is 11.5 Å². The smallest absolute Gasteiger partial charge is 0.497 e. The third kappa shape index (κ3) is 10.6. The average molecular weight is 848 g/mol. The Hall–Kier alpha value is -2.85. The molecule has 0 aliphatic carbocycles. The molecule has 48 heavy (non-hydrogen) atoms.